The minimum Gasteiger partial charge on any atom is -0.480 e. The Bertz CT molecular complexity index is 379. The highest BCUT2D eigenvalue weighted by Crippen LogP contribution is 2.38. The molecule has 0 radical (unpaired) electrons. The van der Waals surface area contributed by atoms with Gasteiger partial charge in [0.05, 0.1) is 0 Å². The van der Waals surface area contributed by atoms with Crippen LogP contribution in [-0.4, -0.2) is 11.1 Å². The number of carboxylic acids is 1. The lowest BCUT2D eigenvalue weighted by molar-refractivity contribution is -0.140. The van der Waals surface area contributed by atoms with Gasteiger partial charge in [0.25, 0.3) is 0 Å². The average Bonchev–Trinajstić information content (AvgIpc) is 2.26. The van der Waals surface area contributed by atoms with E-state index in [-0.39, 0.29) is 0 Å². The van der Waals surface area contributed by atoms with E-state index in [1.165, 1.54) is 0 Å². The van der Waals surface area contributed by atoms with Crippen molar-refractivity contribution in [3.8, 4) is 0 Å². The van der Waals surface area contributed by atoms with Crippen molar-refractivity contribution < 1.29 is 9.90 Å². The van der Waals surface area contributed by atoms with Crippen LogP contribution >= 0.6 is 23.2 Å². The van der Waals surface area contributed by atoms with Crippen molar-refractivity contribution in [2.75, 3.05) is 0 Å². The Morgan fingerprint density at radius 2 is 2.06 bits per heavy atom. The third-order valence-electron chi connectivity index (χ3n) is 2.51. The van der Waals surface area contributed by atoms with E-state index in [9.17, 15) is 9.90 Å². The average molecular weight is 261 g/mol. The standard InChI is InChI=1S/C12H14Cl2O2/c1-2-3-8-12(14,11(15)16)9-6-4-5-7-10(9)13/h4-7H,2-3,8H2,1H3,(H,15,16). The van der Waals surface area contributed by atoms with Crippen LogP contribution in [0, 0.1) is 0 Å². The van der Waals surface area contributed by atoms with Crippen LogP contribution in [0.2, 0.25) is 5.02 Å². The highest BCUT2D eigenvalue weighted by molar-refractivity contribution is 6.37. The molecule has 1 atom stereocenters. The minimum atomic E-state index is -1.41. The number of hydrogen-bond acceptors (Lipinski definition) is 1. The fraction of sp³-hybridized carbons (Fsp3) is 0.417. The van der Waals surface area contributed by atoms with Crippen molar-refractivity contribution in [2.45, 2.75) is 31.1 Å². The number of benzene rings is 1. The molecule has 0 aliphatic heterocycles. The third-order valence-corrected chi connectivity index (χ3v) is 3.40. The van der Waals surface area contributed by atoms with Gasteiger partial charge in [-0.1, -0.05) is 49.6 Å². The van der Waals surface area contributed by atoms with Gasteiger partial charge < -0.3 is 5.11 Å². The first-order chi connectivity index (χ1) is 7.52. The van der Waals surface area contributed by atoms with Crippen LogP contribution in [0.25, 0.3) is 0 Å². The van der Waals surface area contributed by atoms with E-state index in [4.69, 9.17) is 23.2 Å². The number of rotatable bonds is 5. The Balaban J connectivity index is 3.11. The van der Waals surface area contributed by atoms with E-state index in [0.717, 1.165) is 12.8 Å². The Morgan fingerprint density at radius 3 is 2.56 bits per heavy atom. The second kappa shape index (κ2) is 5.55. The molecule has 0 aliphatic carbocycles. The summed E-state index contributed by atoms with van der Waals surface area (Å²) in [5.41, 5.74) is 0.472. The van der Waals surface area contributed by atoms with E-state index in [1.807, 2.05) is 6.92 Å². The summed E-state index contributed by atoms with van der Waals surface area (Å²) in [5, 5.41) is 9.65. The highest BCUT2D eigenvalue weighted by Gasteiger charge is 2.38. The molecular weight excluding hydrogens is 247 g/mol. The number of aliphatic carboxylic acids is 1. The van der Waals surface area contributed by atoms with Crippen molar-refractivity contribution in [3.05, 3.63) is 34.9 Å². The Morgan fingerprint density at radius 1 is 1.44 bits per heavy atom. The first-order valence-corrected chi connectivity index (χ1v) is 5.95. The maximum absolute atomic E-state index is 11.3. The summed E-state index contributed by atoms with van der Waals surface area (Å²) >= 11 is 12.2. The lowest BCUT2D eigenvalue weighted by Gasteiger charge is -2.23. The summed E-state index contributed by atoms with van der Waals surface area (Å²) in [4.78, 5) is 9.88. The van der Waals surface area contributed by atoms with Gasteiger partial charge in [0.15, 0.2) is 4.87 Å². The molecule has 2 nitrogen and oxygen atoms in total. The van der Waals surface area contributed by atoms with Gasteiger partial charge in [0.1, 0.15) is 0 Å². The second-order valence-electron chi connectivity index (χ2n) is 3.69. The Hall–Kier alpha value is -0.730. The van der Waals surface area contributed by atoms with Crippen molar-refractivity contribution in [2.24, 2.45) is 0 Å². The number of halogens is 2. The van der Waals surface area contributed by atoms with Crippen LogP contribution in [0.1, 0.15) is 31.7 Å². The van der Waals surface area contributed by atoms with Gasteiger partial charge in [-0.25, -0.2) is 4.79 Å². The van der Waals surface area contributed by atoms with Gasteiger partial charge in [0, 0.05) is 10.6 Å². The van der Waals surface area contributed by atoms with Crippen molar-refractivity contribution >= 4 is 29.2 Å². The first kappa shape index (κ1) is 13.3. The predicted molar refractivity (Wildman–Crippen MR) is 66.1 cm³/mol. The quantitative estimate of drug-likeness (QED) is 0.812. The maximum atomic E-state index is 11.3. The monoisotopic (exact) mass is 260 g/mol. The normalized spacial score (nSPS) is 14.4. The molecular formula is C12H14Cl2O2. The second-order valence-corrected chi connectivity index (χ2v) is 4.74. The Labute approximate surface area is 105 Å². The van der Waals surface area contributed by atoms with Crippen LogP contribution in [0.15, 0.2) is 24.3 Å². The molecule has 0 aliphatic rings. The molecule has 0 saturated carbocycles. The van der Waals surface area contributed by atoms with Crippen LogP contribution < -0.4 is 0 Å². The van der Waals surface area contributed by atoms with Crippen LogP contribution in [0.5, 0.6) is 0 Å². The van der Waals surface area contributed by atoms with E-state index < -0.39 is 10.8 Å². The summed E-state index contributed by atoms with van der Waals surface area (Å²) in [6.07, 6.45) is 2.03. The Kier molecular flexibility index (Phi) is 4.63. The van der Waals surface area contributed by atoms with E-state index >= 15 is 0 Å². The van der Waals surface area contributed by atoms with Gasteiger partial charge in [-0.3, -0.25) is 0 Å². The highest BCUT2D eigenvalue weighted by atomic mass is 35.5. The van der Waals surface area contributed by atoms with Crippen LogP contribution in [0.4, 0.5) is 0 Å². The molecule has 0 heterocycles. The smallest absolute Gasteiger partial charge is 0.329 e. The molecule has 1 unspecified atom stereocenters. The lowest BCUT2D eigenvalue weighted by atomic mass is 9.92. The largest absolute Gasteiger partial charge is 0.480 e. The van der Waals surface area contributed by atoms with Crippen molar-refractivity contribution in [3.63, 3.8) is 0 Å². The van der Waals surface area contributed by atoms with E-state index in [2.05, 4.69) is 0 Å². The molecule has 0 bridgehead atoms. The zero-order chi connectivity index (χ0) is 12.2. The molecule has 16 heavy (non-hydrogen) atoms. The summed E-state index contributed by atoms with van der Waals surface area (Å²) in [7, 11) is 0. The van der Waals surface area contributed by atoms with Gasteiger partial charge in [-0.2, -0.15) is 0 Å². The van der Waals surface area contributed by atoms with Gasteiger partial charge in [0.2, 0.25) is 0 Å². The predicted octanol–water partition coefficient (Wildman–Crippen LogP) is 4.05. The molecule has 0 amide bonds. The zero-order valence-electron chi connectivity index (χ0n) is 9.04. The summed E-state index contributed by atoms with van der Waals surface area (Å²) < 4.78 is 0. The number of unbranched alkanes of at least 4 members (excludes halogenated alkanes) is 1. The topological polar surface area (TPSA) is 37.3 Å². The van der Waals surface area contributed by atoms with Crippen LogP contribution in [0.3, 0.4) is 0 Å². The molecule has 0 fully saturated rings. The van der Waals surface area contributed by atoms with Gasteiger partial charge >= 0.3 is 5.97 Å². The fourth-order valence-corrected chi connectivity index (χ4v) is 2.20. The molecule has 0 spiro atoms. The zero-order valence-corrected chi connectivity index (χ0v) is 10.6. The fourth-order valence-electron chi connectivity index (χ4n) is 1.56. The van der Waals surface area contributed by atoms with E-state index in [0.29, 0.717) is 17.0 Å². The number of carbonyl (C=O) groups is 1. The van der Waals surface area contributed by atoms with Gasteiger partial charge in [-0.15, -0.1) is 11.6 Å². The summed E-state index contributed by atoms with van der Waals surface area (Å²) in [6.45, 7) is 1.99. The number of hydrogen-bond donors (Lipinski definition) is 1. The molecule has 1 aromatic carbocycles. The lowest BCUT2D eigenvalue weighted by Crippen LogP contribution is -2.30. The first-order valence-electron chi connectivity index (χ1n) is 5.19. The SMILES string of the molecule is CCCCC(Cl)(C(=O)O)c1ccccc1Cl. The van der Waals surface area contributed by atoms with Crippen LogP contribution in [-0.2, 0) is 9.67 Å². The number of carboxylic acid groups (broad SMARTS) is 1. The molecule has 88 valence electrons. The molecule has 0 saturated heterocycles. The molecule has 4 heteroatoms. The maximum Gasteiger partial charge on any atom is 0.329 e. The van der Waals surface area contributed by atoms with Gasteiger partial charge in [-0.05, 0) is 12.5 Å². The van der Waals surface area contributed by atoms with Crippen molar-refractivity contribution in [1.82, 2.24) is 0 Å². The molecule has 1 rings (SSSR count). The molecule has 1 N–H and O–H groups in total. The van der Waals surface area contributed by atoms with Crippen molar-refractivity contribution in [1.29, 1.82) is 0 Å². The summed E-state index contributed by atoms with van der Waals surface area (Å²) in [6, 6.07) is 6.82. The summed E-state index contributed by atoms with van der Waals surface area (Å²) in [5.74, 6) is -1.05. The molecule has 1 aromatic rings. The molecule has 0 aromatic heterocycles. The number of alkyl halides is 1. The minimum absolute atomic E-state index is 0.379. The van der Waals surface area contributed by atoms with E-state index in [1.54, 1.807) is 24.3 Å². The third kappa shape index (κ3) is 2.69.